The summed E-state index contributed by atoms with van der Waals surface area (Å²) in [5.74, 6) is 0.650. The van der Waals surface area contributed by atoms with Gasteiger partial charge in [-0.1, -0.05) is 20.8 Å². The van der Waals surface area contributed by atoms with Gasteiger partial charge in [0.25, 0.3) is 0 Å². The van der Waals surface area contributed by atoms with Gasteiger partial charge in [0.2, 0.25) is 0 Å². The van der Waals surface area contributed by atoms with Crippen LogP contribution in [0, 0.1) is 0 Å². The Labute approximate surface area is 62.5 Å². The van der Waals surface area contributed by atoms with E-state index < -0.39 is 0 Å². The monoisotopic (exact) mass is 137 g/mol. The third-order valence-corrected chi connectivity index (χ3v) is 1.81. The fourth-order valence-corrected chi connectivity index (χ4v) is 0.998. The van der Waals surface area contributed by atoms with E-state index in [1.54, 1.807) is 0 Å². The lowest BCUT2D eigenvalue weighted by Crippen LogP contribution is -1.80. The van der Waals surface area contributed by atoms with Crippen LogP contribution >= 0.6 is 0 Å². The first-order chi connectivity index (χ1) is 4.74. The van der Waals surface area contributed by atoms with Crippen molar-refractivity contribution in [2.24, 2.45) is 0 Å². The second-order valence-corrected chi connectivity index (χ2v) is 2.97. The number of aromatic nitrogens is 1. The fraction of sp³-hybridized carbons (Fsp3) is 0.556. The van der Waals surface area contributed by atoms with E-state index in [-0.39, 0.29) is 0 Å². The van der Waals surface area contributed by atoms with Gasteiger partial charge in [0, 0.05) is 11.9 Å². The summed E-state index contributed by atoms with van der Waals surface area (Å²) in [6, 6.07) is 2.24. The van der Waals surface area contributed by atoms with Crippen LogP contribution in [0.1, 0.15) is 37.9 Å². The summed E-state index contributed by atoms with van der Waals surface area (Å²) in [5.41, 5.74) is 2.75. The first-order valence-electron chi connectivity index (χ1n) is 3.91. The van der Waals surface area contributed by atoms with Crippen molar-refractivity contribution in [3.8, 4) is 0 Å². The van der Waals surface area contributed by atoms with E-state index in [1.807, 2.05) is 0 Å². The quantitative estimate of drug-likeness (QED) is 0.645. The van der Waals surface area contributed by atoms with Crippen molar-refractivity contribution in [1.82, 2.24) is 4.98 Å². The van der Waals surface area contributed by atoms with E-state index in [2.05, 4.69) is 38.0 Å². The van der Waals surface area contributed by atoms with Crippen molar-refractivity contribution in [3.05, 3.63) is 23.5 Å². The molecular weight excluding hydrogens is 122 g/mol. The van der Waals surface area contributed by atoms with Gasteiger partial charge < -0.3 is 4.98 Å². The summed E-state index contributed by atoms with van der Waals surface area (Å²) < 4.78 is 0. The van der Waals surface area contributed by atoms with Crippen LogP contribution in [0.2, 0.25) is 0 Å². The lowest BCUT2D eigenvalue weighted by Gasteiger charge is -1.96. The molecule has 0 atom stereocenters. The van der Waals surface area contributed by atoms with E-state index in [0.29, 0.717) is 5.92 Å². The lowest BCUT2D eigenvalue weighted by atomic mass is 10.1. The Morgan fingerprint density at radius 1 is 1.50 bits per heavy atom. The van der Waals surface area contributed by atoms with Gasteiger partial charge in [-0.25, -0.2) is 0 Å². The average Bonchev–Trinajstić information content (AvgIpc) is 2.34. The molecule has 0 saturated heterocycles. The highest BCUT2D eigenvalue weighted by Crippen LogP contribution is 2.14. The molecule has 0 amide bonds. The topological polar surface area (TPSA) is 15.8 Å². The normalized spacial score (nSPS) is 10.8. The summed E-state index contributed by atoms with van der Waals surface area (Å²) in [7, 11) is 0. The minimum Gasteiger partial charge on any atom is -0.365 e. The predicted octanol–water partition coefficient (Wildman–Crippen LogP) is 2.70. The maximum Gasteiger partial charge on any atom is 0.0147 e. The third kappa shape index (κ3) is 1.41. The second-order valence-electron chi connectivity index (χ2n) is 2.97. The molecule has 0 unspecified atom stereocenters. The summed E-state index contributed by atoms with van der Waals surface area (Å²) in [6.07, 6.45) is 3.20. The fourth-order valence-electron chi connectivity index (χ4n) is 0.998. The van der Waals surface area contributed by atoms with E-state index in [4.69, 9.17) is 0 Å². The summed E-state index contributed by atoms with van der Waals surface area (Å²) in [6.45, 7) is 6.58. The number of H-pyrrole nitrogens is 1. The molecule has 0 aromatic carbocycles. The summed E-state index contributed by atoms with van der Waals surface area (Å²) in [4.78, 5) is 3.24. The molecule has 0 bridgehead atoms. The Morgan fingerprint density at radius 2 is 2.20 bits per heavy atom. The highest BCUT2D eigenvalue weighted by atomic mass is 14.7. The van der Waals surface area contributed by atoms with Crippen LogP contribution in [0.3, 0.4) is 0 Å². The van der Waals surface area contributed by atoms with Crippen molar-refractivity contribution in [2.45, 2.75) is 33.1 Å². The van der Waals surface area contributed by atoms with Crippen molar-refractivity contribution in [1.29, 1.82) is 0 Å². The molecule has 1 N–H and O–H groups in total. The first kappa shape index (κ1) is 7.39. The van der Waals surface area contributed by atoms with Crippen molar-refractivity contribution >= 4 is 0 Å². The minimum atomic E-state index is 0.650. The number of nitrogens with one attached hydrogen (secondary N) is 1. The molecule has 1 heterocycles. The average molecular weight is 137 g/mol. The highest BCUT2D eigenvalue weighted by molar-refractivity contribution is 5.19. The molecule has 10 heavy (non-hydrogen) atoms. The molecule has 56 valence electrons. The highest BCUT2D eigenvalue weighted by Gasteiger charge is 1.99. The standard InChI is InChI=1S/C9H15N/c1-4-9-5-8(6-10-9)7(2)3/h5-7,10H,4H2,1-3H3. The van der Waals surface area contributed by atoms with E-state index in [9.17, 15) is 0 Å². The molecule has 0 aliphatic heterocycles. The van der Waals surface area contributed by atoms with Crippen molar-refractivity contribution in [3.63, 3.8) is 0 Å². The molecule has 1 aromatic heterocycles. The third-order valence-electron chi connectivity index (χ3n) is 1.81. The number of rotatable bonds is 2. The predicted molar refractivity (Wildman–Crippen MR) is 44.3 cm³/mol. The molecule has 0 aliphatic rings. The summed E-state index contributed by atoms with van der Waals surface area (Å²) >= 11 is 0. The minimum absolute atomic E-state index is 0.650. The molecule has 1 rings (SSSR count). The van der Waals surface area contributed by atoms with Gasteiger partial charge in [0.15, 0.2) is 0 Å². The molecule has 1 nitrogen and oxygen atoms in total. The SMILES string of the molecule is CCc1cc(C(C)C)c[nH]1. The van der Waals surface area contributed by atoms with Crippen LogP contribution < -0.4 is 0 Å². The Hall–Kier alpha value is -0.720. The van der Waals surface area contributed by atoms with Crippen LogP contribution in [-0.2, 0) is 6.42 Å². The van der Waals surface area contributed by atoms with Crippen LogP contribution in [0.4, 0.5) is 0 Å². The Kier molecular flexibility index (Phi) is 2.15. The molecule has 0 saturated carbocycles. The van der Waals surface area contributed by atoms with Crippen LogP contribution in [0.5, 0.6) is 0 Å². The molecule has 0 spiro atoms. The number of aryl methyl sites for hydroxylation is 1. The molecule has 0 aliphatic carbocycles. The van der Waals surface area contributed by atoms with Crippen molar-refractivity contribution in [2.75, 3.05) is 0 Å². The number of hydrogen-bond acceptors (Lipinski definition) is 0. The van der Waals surface area contributed by atoms with Gasteiger partial charge in [0.05, 0.1) is 0 Å². The first-order valence-corrected chi connectivity index (χ1v) is 3.91. The van der Waals surface area contributed by atoms with Gasteiger partial charge in [-0.3, -0.25) is 0 Å². The Balaban J connectivity index is 2.78. The zero-order valence-electron chi connectivity index (χ0n) is 6.94. The Morgan fingerprint density at radius 3 is 2.50 bits per heavy atom. The maximum atomic E-state index is 3.24. The molecule has 1 heteroatoms. The molecular formula is C9H15N. The van der Waals surface area contributed by atoms with Gasteiger partial charge in [-0.2, -0.15) is 0 Å². The zero-order valence-corrected chi connectivity index (χ0v) is 6.94. The molecule has 0 radical (unpaired) electrons. The van der Waals surface area contributed by atoms with Gasteiger partial charge >= 0.3 is 0 Å². The largest absolute Gasteiger partial charge is 0.365 e. The van der Waals surface area contributed by atoms with Crippen LogP contribution in [0.25, 0.3) is 0 Å². The van der Waals surface area contributed by atoms with Gasteiger partial charge in [0.1, 0.15) is 0 Å². The van der Waals surface area contributed by atoms with Crippen molar-refractivity contribution < 1.29 is 0 Å². The van der Waals surface area contributed by atoms with Gasteiger partial charge in [-0.05, 0) is 24.0 Å². The lowest BCUT2D eigenvalue weighted by molar-refractivity contribution is 0.868. The zero-order chi connectivity index (χ0) is 7.56. The van der Waals surface area contributed by atoms with Gasteiger partial charge in [-0.15, -0.1) is 0 Å². The van der Waals surface area contributed by atoms with E-state index in [1.165, 1.54) is 11.3 Å². The van der Waals surface area contributed by atoms with Crippen LogP contribution in [0.15, 0.2) is 12.3 Å². The van der Waals surface area contributed by atoms with E-state index >= 15 is 0 Å². The maximum absolute atomic E-state index is 3.24. The number of aromatic amines is 1. The Bertz CT molecular complexity index is 198. The smallest absolute Gasteiger partial charge is 0.0147 e. The van der Waals surface area contributed by atoms with Crippen LogP contribution in [-0.4, -0.2) is 4.98 Å². The van der Waals surface area contributed by atoms with E-state index in [0.717, 1.165) is 6.42 Å². The molecule has 1 aromatic rings. The number of hydrogen-bond donors (Lipinski definition) is 1. The second kappa shape index (κ2) is 2.91. The summed E-state index contributed by atoms with van der Waals surface area (Å²) in [5, 5.41) is 0. The molecule has 0 fully saturated rings.